The predicted octanol–water partition coefficient (Wildman–Crippen LogP) is 3.02. The Balaban J connectivity index is 1.70. The van der Waals surface area contributed by atoms with Crippen molar-refractivity contribution in [2.45, 2.75) is 19.4 Å². The van der Waals surface area contributed by atoms with Crippen LogP contribution in [-0.4, -0.2) is 19.7 Å². The van der Waals surface area contributed by atoms with Gasteiger partial charge in [0.25, 0.3) is 0 Å². The van der Waals surface area contributed by atoms with E-state index in [1.807, 2.05) is 24.3 Å². The summed E-state index contributed by atoms with van der Waals surface area (Å²) in [5.74, 6) is 1.02. The maximum absolute atomic E-state index is 6.02. The molecule has 0 radical (unpaired) electrons. The van der Waals surface area contributed by atoms with Gasteiger partial charge in [0.05, 0.1) is 17.9 Å². The summed E-state index contributed by atoms with van der Waals surface area (Å²) in [6.45, 7) is 2.95. The van der Waals surface area contributed by atoms with Crippen LogP contribution in [0.2, 0.25) is 0 Å². The maximum atomic E-state index is 6.02. The number of fused-ring (bicyclic) bond motifs is 1. The second-order valence-corrected chi connectivity index (χ2v) is 5.49. The Morgan fingerprint density at radius 2 is 2.05 bits per heavy atom. The van der Waals surface area contributed by atoms with E-state index in [2.05, 4.69) is 37.1 Å². The van der Waals surface area contributed by atoms with Gasteiger partial charge in [-0.1, -0.05) is 29.8 Å². The summed E-state index contributed by atoms with van der Waals surface area (Å²) in [6, 6.07) is 14.3. The lowest BCUT2D eigenvalue weighted by atomic mass is 10.1. The number of ether oxygens (including phenoxy) is 1. The summed E-state index contributed by atoms with van der Waals surface area (Å²) in [6.07, 6.45) is 1.16. The van der Waals surface area contributed by atoms with Crippen LogP contribution in [-0.2, 0) is 6.42 Å². The van der Waals surface area contributed by atoms with E-state index in [9.17, 15) is 0 Å². The lowest BCUT2D eigenvalue weighted by molar-refractivity contribution is 0.239. The van der Waals surface area contributed by atoms with E-state index in [4.69, 9.17) is 10.5 Å². The molecule has 0 amide bonds. The number of hydrogen-bond acceptors (Lipinski definition) is 3. The minimum atomic E-state index is 0.191. The summed E-state index contributed by atoms with van der Waals surface area (Å²) >= 11 is 0. The van der Waals surface area contributed by atoms with Gasteiger partial charge in [0, 0.05) is 13.5 Å². The van der Waals surface area contributed by atoms with Crippen LogP contribution in [0.3, 0.4) is 0 Å². The first kappa shape index (κ1) is 12.9. The molecule has 1 aliphatic heterocycles. The number of anilines is 2. The molecular formula is C17H20N2O. The van der Waals surface area contributed by atoms with Gasteiger partial charge in [-0.25, -0.2) is 0 Å². The first-order valence-corrected chi connectivity index (χ1v) is 6.95. The molecule has 20 heavy (non-hydrogen) atoms. The quantitative estimate of drug-likeness (QED) is 0.870. The van der Waals surface area contributed by atoms with Crippen molar-refractivity contribution in [1.29, 1.82) is 0 Å². The fourth-order valence-corrected chi connectivity index (χ4v) is 2.79. The molecule has 2 aromatic carbocycles. The average Bonchev–Trinajstić information content (AvgIpc) is 2.80. The van der Waals surface area contributed by atoms with Crippen molar-refractivity contribution in [3.8, 4) is 5.75 Å². The van der Waals surface area contributed by atoms with Gasteiger partial charge in [-0.3, -0.25) is 0 Å². The van der Waals surface area contributed by atoms with Crippen LogP contribution in [0.1, 0.15) is 11.1 Å². The monoisotopic (exact) mass is 268 g/mol. The molecular weight excluding hydrogens is 248 g/mol. The van der Waals surface area contributed by atoms with Crippen molar-refractivity contribution >= 4 is 11.4 Å². The van der Waals surface area contributed by atoms with Gasteiger partial charge < -0.3 is 15.4 Å². The minimum absolute atomic E-state index is 0.191. The standard InChI is InChI=1S/C17H20N2O/c1-12-7-8-17-13(9-12)10-14(20-17)11-19(2)16-6-4-3-5-15(16)18/h3-9,14H,10-11,18H2,1-2H3. The van der Waals surface area contributed by atoms with Gasteiger partial charge in [0.2, 0.25) is 0 Å². The van der Waals surface area contributed by atoms with Gasteiger partial charge >= 0.3 is 0 Å². The Morgan fingerprint density at radius 1 is 1.25 bits per heavy atom. The van der Waals surface area contributed by atoms with Crippen LogP contribution in [0.5, 0.6) is 5.75 Å². The lowest BCUT2D eigenvalue weighted by Gasteiger charge is -2.24. The number of nitrogens with two attached hydrogens (primary N) is 1. The summed E-state index contributed by atoms with van der Waals surface area (Å²) in [7, 11) is 2.06. The van der Waals surface area contributed by atoms with Crippen molar-refractivity contribution in [1.82, 2.24) is 0 Å². The predicted molar refractivity (Wildman–Crippen MR) is 83.4 cm³/mol. The van der Waals surface area contributed by atoms with Crippen molar-refractivity contribution in [2.75, 3.05) is 24.2 Å². The van der Waals surface area contributed by atoms with Gasteiger partial charge in [-0.15, -0.1) is 0 Å². The van der Waals surface area contributed by atoms with E-state index < -0.39 is 0 Å². The van der Waals surface area contributed by atoms with Crippen molar-refractivity contribution in [3.63, 3.8) is 0 Å². The third kappa shape index (κ3) is 2.44. The van der Waals surface area contributed by atoms with Crippen LogP contribution in [0.4, 0.5) is 11.4 Å². The fraction of sp³-hybridized carbons (Fsp3) is 0.294. The molecule has 1 atom stereocenters. The van der Waals surface area contributed by atoms with Gasteiger partial charge in [-0.2, -0.15) is 0 Å². The number of hydrogen-bond donors (Lipinski definition) is 1. The zero-order valence-corrected chi connectivity index (χ0v) is 12.0. The van der Waals surface area contributed by atoms with Crippen LogP contribution < -0.4 is 15.4 Å². The van der Waals surface area contributed by atoms with E-state index >= 15 is 0 Å². The minimum Gasteiger partial charge on any atom is -0.488 e. The van der Waals surface area contributed by atoms with Crippen LogP contribution in [0, 0.1) is 6.92 Å². The Bertz CT molecular complexity index is 624. The van der Waals surface area contributed by atoms with Gasteiger partial charge in [0.1, 0.15) is 11.9 Å². The SMILES string of the molecule is Cc1ccc2c(c1)CC(CN(C)c1ccccc1N)O2. The normalized spacial score (nSPS) is 16.6. The molecule has 2 N–H and O–H groups in total. The third-order valence-electron chi connectivity index (χ3n) is 3.78. The number of para-hydroxylation sites is 2. The third-order valence-corrected chi connectivity index (χ3v) is 3.78. The first-order chi connectivity index (χ1) is 9.63. The van der Waals surface area contributed by atoms with Crippen LogP contribution >= 0.6 is 0 Å². The Morgan fingerprint density at radius 3 is 2.85 bits per heavy atom. The molecule has 0 bridgehead atoms. The van der Waals surface area contributed by atoms with Crippen molar-refractivity contribution in [3.05, 3.63) is 53.6 Å². The molecule has 1 aliphatic rings. The lowest BCUT2D eigenvalue weighted by Crippen LogP contribution is -2.32. The molecule has 0 aliphatic carbocycles. The molecule has 0 aromatic heterocycles. The highest BCUT2D eigenvalue weighted by atomic mass is 16.5. The average molecular weight is 268 g/mol. The van der Waals surface area contributed by atoms with Crippen LogP contribution in [0.15, 0.2) is 42.5 Å². The number of nitrogens with zero attached hydrogens (tertiary/aromatic N) is 1. The molecule has 0 saturated heterocycles. The first-order valence-electron chi connectivity index (χ1n) is 6.95. The molecule has 2 aromatic rings. The Kier molecular flexibility index (Phi) is 3.26. The molecule has 0 spiro atoms. The second kappa shape index (κ2) is 5.08. The van der Waals surface area contributed by atoms with Crippen LogP contribution in [0.25, 0.3) is 0 Å². The van der Waals surface area contributed by atoms with Crippen molar-refractivity contribution < 1.29 is 4.74 Å². The van der Waals surface area contributed by atoms with E-state index in [1.165, 1.54) is 11.1 Å². The van der Waals surface area contributed by atoms with E-state index in [0.29, 0.717) is 0 Å². The Hall–Kier alpha value is -2.16. The van der Waals surface area contributed by atoms with Gasteiger partial charge in [0.15, 0.2) is 0 Å². The summed E-state index contributed by atoms with van der Waals surface area (Å²) in [5.41, 5.74) is 10.5. The molecule has 3 nitrogen and oxygen atoms in total. The van der Waals surface area contributed by atoms with Crippen molar-refractivity contribution in [2.24, 2.45) is 0 Å². The zero-order valence-electron chi connectivity index (χ0n) is 12.0. The number of rotatable bonds is 3. The molecule has 104 valence electrons. The second-order valence-electron chi connectivity index (χ2n) is 5.49. The van der Waals surface area contributed by atoms with E-state index in [-0.39, 0.29) is 6.10 Å². The molecule has 0 saturated carbocycles. The zero-order chi connectivity index (χ0) is 14.1. The largest absolute Gasteiger partial charge is 0.488 e. The topological polar surface area (TPSA) is 38.5 Å². The molecule has 3 heteroatoms. The van der Waals surface area contributed by atoms with E-state index in [1.54, 1.807) is 0 Å². The molecule has 1 heterocycles. The fourth-order valence-electron chi connectivity index (χ4n) is 2.79. The number of aryl methyl sites for hydroxylation is 1. The molecule has 0 fully saturated rings. The number of benzene rings is 2. The highest BCUT2D eigenvalue weighted by Crippen LogP contribution is 2.31. The number of likely N-dealkylation sites (N-methyl/N-ethyl adjacent to an activating group) is 1. The number of nitrogen functional groups attached to an aromatic ring is 1. The summed E-state index contributed by atoms with van der Waals surface area (Å²) in [4.78, 5) is 2.17. The highest BCUT2D eigenvalue weighted by Gasteiger charge is 2.24. The highest BCUT2D eigenvalue weighted by molar-refractivity contribution is 5.67. The summed E-state index contributed by atoms with van der Waals surface area (Å²) in [5, 5.41) is 0. The molecule has 1 unspecified atom stereocenters. The Labute approximate surface area is 120 Å². The maximum Gasteiger partial charge on any atom is 0.123 e. The summed E-state index contributed by atoms with van der Waals surface area (Å²) < 4.78 is 6.01. The molecule has 3 rings (SSSR count). The van der Waals surface area contributed by atoms with Gasteiger partial charge in [-0.05, 0) is 30.7 Å². The smallest absolute Gasteiger partial charge is 0.123 e. The van der Waals surface area contributed by atoms with E-state index in [0.717, 1.165) is 30.1 Å².